The second kappa shape index (κ2) is 8.41. The Hall–Kier alpha value is -1.26. The smallest absolute Gasteiger partial charge is 0.407 e. The van der Waals surface area contributed by atoms with Gasteiger partial charge in [-0.3, -0.25) is 4.90 Å². The summed E-state index contributed by atoms with van der Waals surface area (Å²) in [5.74, 6) is 0.982. The molecule has 1 saturated carbocycles. The summed E-state index contributed by atoms with van der Waals surface area (Å²) in [7, 11) is 0. The largest absolute Gasteiger partial charge is 0.445 e. The van der Waals surface area contributed by atoms with Crippen molar-refractivity contribution in [3.8, 4) is 0 Å². The number of carbonyl (C=O) groups is 1. The van der Waals surface area contributed by atoms with E-state index in [-0.39, 0.29) is 30.6 Å². The predicted molar refractivity (Wildman–Crippen MR) is 101 cm³/mol. The number of carbonyl (C=O) groups excluding carboxylic acids is 1. The van der Waals surface area contributed by atoms with Crippen molar-refractivity contribution in [1.82, 2.24) is 10.2 Å². The lowest BCUT2D eigenvalue weighted by molar-refractivity contribution is -0.0343. The van der Waals surface area contributed by atoms with Gasteiger partial charge >= 0.3 is 6.09 Å². The minimum Gasteiger partial charge on any atom is -0.445 e. The van der Waals surface area contributed by atoms with Crippen molar-refractivity contribution in [2.75, 3.05) is 19.6 Å². The van der Waals surface area contributed by atoms with Crippen LogP contribution in [0, 0.1) is 5.92 Å². The molecule has 1 amide bonds. The van der Waals surface area contributed by atoms with Crippen molar-refractivity contribution in [3.05, 3.63) is 35.9 Å². The van der Waals surface area contributed by atoms with Crippen LogP contribution in [0.15, 0.2) is 30.3 Å². The van der Waals surface area contributed by atoms with Gasteiger partial charge in [0.2, 0.25) is 0 Å². The van der Waals surface area contributed by atoms with Crippen molar-refractivity contribution < 1.29 is 9.53 Å². The van der Waals surface area contributed by atoms with Crippen LogP contribution in [0.25, 0.3) is 0 Å². The van der Waals surface area contributed by atoms with Crippen LogP contribution in [0.4, 0.5) is 4.79 Å². The van der Waals surface area contributed by atoms with Crippen LogP contribution in [0.1, 0.15) is 50.0 Å². The zero-order valence-electron chi connectivity index (χ0n) is 14.7. The Morgan fingerprint density at radius 2 is 1.76 bits per heavy atom. The fourth-order valence-electron chi connectivity index (χ4n) is 4.77. The van der Waals surface area contributed by atoms with Crippen LogP contribution in [0.3, 0.4) is 0 Å². The molecule has 0 unspecified atom stereocenters. The molecule has 3 saturated heterocycles. The normalized spacial score (nSPS) is 34.0. The topological polar surface area (TPSA) is 41.6 Å². The van der Waals surface area contributed by atoms with Gasteiger partial charge in [-0.05, 0) is 50.3 Å². The minimum atomic E-state index is -0.207. The summed E-state index contributed by atoms with van der Waals surface area (Å²) in [6.07, 6.45) is 6.86. The molecule has 1 aromatic rings. The maximum Gasteiger partial charge on any atom is 0.407 e. The highest BCUT2D eigenvalue weighted by atomic mass is 35.5. The quantitative estimate of drug-likeness (QED) is 0.882. The van der Waals surface area contributed by atoms with Crippen LogP contribution in [-0.2, 0) is 4.74 Å². The van der Waals surface area contributed by atoms with Crippen LogP contribution < -0.4 is 5.32 Å². The van der Waals surface area contributed by atoms with Gasteiger partial charge in [0.1, 0.15) is 6.10 Å². The molecule has 4 fully saturated rings. The van der Waals surface area contributed by atoms with Gasteiger partial charge < -0.3 is 10.1 Å². The van der Waals surface area contributed by atoms with E-state index in [1.165, 1.54) is 44.3 Å². The number of nitrogens with one attached hydrogen (secondary N) is 1. The molecule has 0 aromatic heterocycles. The van der Waals surface area contributed by atoms with Gasteiger partial charge in [0.25, 0.3) is 0 Å². The van der Waals surface area contributed by atoms with Crippen molar-refractivity contribution in [2.24, 2.45) is 5.92 Å². The van der Waals surface area contributed by atoms with Crippen molar-refractivity contribution >= 4 is 18.5 Å². The first-order valence-electron chi connectivity index (χ1n) is 9.54. The molecule has 4 nitrogen and oxygen atoms in total. The number of fused-ring (bicyclic) bond motifs is 3. The third-order valence-corrected chi connectivity index (χ3v) is 6.15. The SMILES string of the molecule is Cl.O=C(N[C@@H]1CCCC[C@H]1c1ccccc1)O[C@H]1CN2CCC1CC2. The molecular weight excluding hydrogens is 336 g/mol. The Balaban J connectivity index is 0.00000182. The molecule has 138 valence electrons. The molecule has 3 heterocycles. The Bertz CT molecular complexity index is 560. The number of halogens is 1. The van der Waals surface area contributed by atoms with Crippen molar-refractivity contribution in [1.29, 1.82) is 0 Å². The molecule has 0 radical (unpaired) electrons. The van der Waals surface area contributed by atoms with Crippen molar-refractivity contribution in [3.63, 3.8) is 0 Å². The molecule has 3 atom stereocenters. The molecule has 0 spiro atoms. The summed E-state index contributed by atoms with van der Waals surface area (Å²) in [5, 5.41) is 3.19. The standard InChI is InChI=1S/C20H28N2O2.ClH/c23-20(24-19-14-22-12-10-16(19)11-13-22)21-18-9-5-4-8-17(18)15-6-2-1-3-7-15;/h1-3,6-7,16-19H,4-5,8-14H2,(H,21,23);1H/t17-,18+,19-;/m0./s1. The summed E-state index contributed by atoms with van der Waals surface area (Å²) in [4.78, 5) is 14.9. The number of amides is 1. The first kappa shape index (κ1) is 18.5. The first-order valence-corrected chi connectivity index (χ1v) is 9.54. The number of nitrogens with zero attached hydrogens (tertiary/aromatic N) is 1. The summed E-state index contributed by atoms with van der Waals surface area (Å²) in [6.45, 7) is 3.26. The Morgan fingerprint density at radius 1 is 1.04 bits per heavy atom. The zero-order valence-corrected chi connectivity index (χ0v) is 15.5. The Kier molecular flexibility index (Phi) is 6.24. The number of hydrogen-bond donors (Lipinski definition) is 1. The van der Waals surface area contributed by atoms with Gasteiger partial charge in [-0.2, -0.15) is 0 Å². The van der Waals surface area contributed by atoms with E-state index in [4.69, 9.17) is 4.74 Å². The lowest BCUT2D eigenvalue weighted by atomic mass is 9.80. The molecule has 1 N–H and O–H groups in total. The fourth-order valence-corrected chi connectivity index (χ4v) is 4.77. The van der Waals surface area contributed by atoms with E-state index in [0.29, 0.717) is 11.8 Å². The third-order valence-electron chi connectivity index (χ3n) is 6.15. The molecule has 1 aliphatic carbocycles. The van der Waals surface area contributed by atoms with Gasteiger partial charge in [-0.1, -0.05) is 43.2 Å². The molecule has 5 rings (SSSR count). The summed E-state index contributed by atoms with van der Waals surface area (Å²) >= 11 is 0. The van der Waals surface area contributed by atoms with E-state index in [2.05, 4.69) is 40.5 Å². The highest BCUT2D eigenvalue weighted by molar-refractivity contribution is 5.85. The molecule has 4 aliphatic rings. The predicted octanol–water partition coefficient (Wildman–Crippen LogP) is 3.96. The average Bonchev–Trinajstić information content (AvgIpc) is 2.64. The maximum absolute atomic E-state index is 12.5. The summed E-state index contributed by atoms with van der Waals surface area (Å²) in [6, 6.07) is 10.8. The number of rotatable bonds is 3. The number of alkyl carbamates (subject to hydrolysis) is 1. The van der Waals surface area contributed by atoms with E-state index in [1.807, 2.05) is 0 Å². The Morgan fingerprint density at radius 3 is 2.44 bits per heavy atom. The van der Waals surface area contributed by atoms with Crippen LogP contribution in [0.2, 0.25) is 0 Å². The van der Waals surface area contributed by atoms with E-state index in [9.17, 15) is 4.79 Å². The van der Waals surface area contributed by atoms with Gasteiger partial charge in [0.05, 0.1) is 0 Å². The molecule has 3 aliphatic heterocycles. The van der Waals surface area contributed by atoms with Crippen molar-refractivity contribution in [2.45, 2.75) is 56.6 Å². The third kappa shape index (κ3) is 4.29. The van der Waals surface area contributed by atoms with Crippen LogP contribution in [-0.4, -0.2) is 42.8 Å². The highest BCUT2D eigenvalue weighted by Crippen LogP contribution is 2.33. The highest BCUT2D eigenvalue weighted by Gasteiger charge is 2.37. The monoisotopic (exact) mass is 364 g/mol. The number of hydrogen-bond acceptors (Lipinski definition) is 3. The van der Waals surface area contributed by atoms with Gasteiger partial charge in [-0.25, -0.2) is 4.79 Å². The fraction of sp³-hybridized carbons (Fsp3) is 0.650. The Labute approximate surface area is 156 Å². The molecule has 1 aromatic carbocycles. The summed E-state index contributed by atoms with van der Waals surface area (Å²) in [5.41, 5.74) is 1.34. The van der Waals surface area contributed by atoms with Gasteiger partial charge in [0.15, 0.2) is 0 Å². The van der Waals surface area contributed by atoms with E-state index in [0.717, 1.165) is 19.4 Å². The van der Waals surface area contributed by atoms with E-state index >= 15 is 0 Å². The molecular formula is C20H29ClN2O2. The van der Waals surface area contributed by atoms with Crippen LogP contribution >= 0.6 is 12.4 Å². The lowest BCUT2D eigenvalue weighted by Gasteiger charge is -2.44. The van der Waals surface area contributed by atoms with E-state index < -0.39 is 0 Å². The van der Waals surface area contributed by atoms with Crippen LogP contribution in [0.5, 0.6) is 0 Å². The number of benzene rings is 1. The second-order valence-corrected chi connectivity index (χ2v) is 7.63. The molecule has 25 heavy (non-hydrogen) atoms. The van der Waals surface area contributed by atoms with Gasteiger partial charge in [-0.15, -0.1) is 12.4 Å². The number of ether oxygens (including phenoxy) is 1. The summed E-state index contributed by atoms with van der Waals surface area (Å²) < 4.78 is 5.82. The second-order valence-electron chi connectivity index (χ2n) is 7.63. The lowest BCUT2D eigenvalue weighted by Crippen LogP contribution is -2.53. The maximum atomic E-state index is 12.5. The first-order chi connectivity index (χ1) is 11.8. The zero-order chi connectivity index (χ0) is 16.4. The van der Waals surface area contributed by atoms with E-state index in [1.54, 1.807) is 0 Å². The van der Waals surface area contributed by atoms with Gasteiger partial charge in [0, 0.05) is 18.5 Å². The average molecular weight is 365 g/mol. The minimum absolute atomic E-state index is 0. The molecule has 5 heteroatoms. The number of piperidine rings is 3. The molecule has 2 bridgehead atoms.